The summed E-state index contributed by atoms with van der Waals surface area (Å²) in [6.45, 7) is 5.94. The Kier molecular flexibility index (Phi) is 4.11. The first-order valence-electron chi connectivity index (χ1n) is 4.07. The lowest BCUT2D eigenvalue weighted by Crippen LogP contribution is -2.51. The number of likely N-dealkylation sites (N-methyl/N-ethyl adjacent to an activating group) is 1. The van der Waals surface area contributed by atoms with Gasteiger partial charge in [-0.1, -0.05) is 6.92 Å². The van der Waals surface area contributed by atoms with Crippen LogP contribution in [0.4, 0.5) is 0 Å². The van der Waals surface area contributed by atoms with Crippen LogP contribution < -0.4 is 5.11 Å². The Balaban J connectivity index is 3.98. The topological polar surface area (TPSA) is 40.1 Å². The number of nitrogens with zero attached hydrogens (tertiary/aromatic N) is 1. The Morgan fingerprint density at radius 2 is 2.00 bits per heavy atom. The van der Waals surface area contributed by atoms with Crippen molar-refractivity contribution in [3.05, 3.63) is 0 Å². The zero-order chi connectivity index (χ0) is 8.91. The fraction of sp³-hybridized carbons (Fsp3) is 0.875. The lowest BCUT2D eigenvalue weighted by molar-refractivity contribution is -0.902. The maximum Gasteiger partial charge on any atom is 0.119 e. The van der Waals surface area contributed by atoms with E-state index >= 15 is 0 Å². The zero-order valence-corrected chi connectivity index (χ0v) is 7.59. The maximum atomic E-state index is 10.3. The molecule has 0 saturated carbocycles. The van der Waals surface area contributed by atoms with Gasteiger partial charge < -0.3 is 14.4 Å². The second kappa shape index (κ2) is 4.34. The molecule has 0 heterocycles. The maximum absolute atomic E-state index is 10.3. The predicted octanol–water partition coefficient (Wildman–Crippen LogP) is -0.387. The molecule has 1 atom stereocenters. The van der Waals surface area contributed by atoms with E-state index < -0.39 is 5.97 Å². The van der Waals surface area contributed by atoms with Gasteiger partial charge in [0.25, 0.3) is 0 Å². The number of rotatable bonds is 5. The van der Waals surface area contributed by atoms with Crippen LogP contribution >= 0.6 is 0 Å². The van der Waals surface area contributed by atoms with Gasteiger partial charge in [-0.05, 0) is 13.3 Å². The van der Waals surface area contributed by atoms with Crippen LogP contribution in [0.25, 0.3) is 0 Å². The molecule has 0 amide bonds. The normalized spacial score (nSPS) is 15.9. The number of hydrogen-bond donors (Lipinski definition) is 0. The van der Waals surface area contributed by atoms with Crippen molar-refractivity contribution in [1.82, 2.24) is 0 Å². The third-order valence-corrected chi connectivity index (χ3v) is 2.04. The van der Waals surface area contributed by atoms with Crippen LogP contribution in [0, 0.1) is 0 Å². The Labute approximate surface area is 68.2 Å². The van der Waals surface area contributed by atoms with E-state index in [1.165, 1.54) is 0 Å². The fourth-order valence-corrected chi connectivity index (χ4v) is 1.20. The Morgan fingerprint density at radius 1 is 1.45 bits per heavy atom. The molecule has 3 heteroatoms. The molecule has 0 fully saturated rings. The molecule has 0 N–H and O–H groups in total. The summed E-state index contributed by atoms with van der Waals surface area (Å²) in [7, 11) is 1.94. The van der Waals surface area contributed by atoms with Crippen LogP contribution in [-0.4, -0.2) is 37.1 Å². The molecule has 0 radical (unpaired) electrons. The number of quaternary nitrogens is 1. The van der Waals surface area contributed by atoms with E-state index in [4.69, 9.17) is 0 Å². The summed E-state index contributed by atoms with van der Waals surface area (Å²) in [4.78, 5) is 10.3. The molecule has 0 aliphatic carbocycles. The number of carboxylic acids is 1. The molecule has 0 rings (SSSR count). The fourth-order valence-electron chi connectivity index (χ4n) is 1.20. The second-order valence-electron chi connectivity index (χ2n) is 3.19. The summed E-state index contributed by atoms with van der Waals surface area (Å²) in [6.07, 6.45) is 1.01. The van der Waals surface area contributed by atoms with Crippen molar-refractivity contribution >= 4 is 5.97 Å². The standard InChI is InChI=1S/C8H17NO2/c1-4-6-9(3,5-2)7-8(10)11/h4-7H2,1-3H3. The van der Waals surface area contributed by atoms with Gasteiger partial charge >= 0.3 is 0 Å². The molecule has 3 nitrogen and oxygen atoms in total. The predicted molar refractivity (Wildman–Crippen MR) is 41.8 cm³/mol. The first-order chi connectivity index (χ1) is 5.04. The number of aliphatic carboxylic acids is 1. The monoisotopic (exact) mass is 159 g/mol. The second-order valence-corrected chi connectivity index (χ2v) is 3.19. The SMILES string of the molecule is CCC[N+](C)(CC)CC(=O)[O-]. The highest BCUT2D eigenvalue weighted by atomic mass is 16.4. The van der Waals surface area contributed by atoms with Crippen molar-refractivity contribution < 1.29 is 14.4 Å². The van der Waals surface area contributed by atoms with E-state index in [-0.39, 0.29) is 6.54 Å². The zero-order valence-electron chi connectivity index (χ0n) is 7.59. The van der Waals surface area contributed by atoms with Gasteiger partial charge in [-0.3, -0.25) is 0 Å². The van der Waals surface area contributed by atoms with Gasteiger partial charge in [0.15, 0.2) is 0 Å². The van der Waals surface area contributed by atoms with Gasteiger partial charge in [0.2, 0.25) is 0 Å². The van der Waals surface area contributed by atoms with Gasteiger partial charge in [0, 0.05) is 0 Å². The first kappa shape index (κ1) is 10.4. The van der Waals surface area contributed by atoms with Crippen LogP contribution in [0.2, 0.25) is 0 Å². The highest BCUT2D eigenvalue weighted by Crippen LogP contribution is 2.01. The quantitative estimate of drug-likeness (QED) is 0.513. The molecule has 0 aliphatic rings. The number of hydrogen-bond acceptors (Lipinski definition) is 2. The number of carboxylic acid groups (broad SMARTS) is 1. The van der Waals surface area contributed by atoms with Gasteiger partial charge in [-0.25, -0.2) is 0 Å². The van der Waals surface area contributed by atoms with E-state index in [1.54, 1.807) is 0 Å². The average Bonchev–Trinajstić information content (AvgIpc) is 1.87. The summed E-state index contributed by atoms with van der Waals surface area (Å²) in [5.74, 6) is -0.956. The minimum atomic E-state index is -0.956. The minimum Gasteiger partial charge on any atom is -0.544 e. The smallest absolute Gasteiger partial charge is 0.119 e. The summed E-state index contributed by atoms with van der Waals surface area (Å²) in [6, 6.07) is 0. The van der Waals surface area contributed by atoms with Crippen molar-refractivity contribution in [2.75, 3.05) is 26.7 Å². The van der Waals surface area contributed by atoms with Crippen LogP contribution in [-0.2, 0) is 4.79 Å². The van der Waals surface area contributed by atoms with Gasteiger partial charge in [0.05, 0.1) is 26.1 Å². The Hall–Kier alpha value is -0.570. The van der Waals surface area contributed by atoms with Crippen molar-refractivity contribution in [2.24, 2.45) is 0 Å². The average molecular weight is 159 g/mol. The van der Waals surface area contributed by atoms with E-state index in [9.17, 15) is 9.90 Å². The molecular weight excluding hydrogens is 142 g/mol. The minimum absolute atomic E-state index is 0.129. The molecule has 0 aromatic heterocycles. The molecule has 0 aliphatic heterocycles. The van der Waals surface area contributed by atoms with Gasteiger partial charge in [0.1, 0.15) is 6.54 Å². The van der Waals surface area contributed by atoms with Gasteiger partial charge in [-0.15, -0.1) is 0 Å². The van der Waals surface area contributed by atoms with E-state index in [1.807, 2.05) is 14.0 Å². The van der Waals surface area contributed by atoms with Gasteiger partial charge in [-0.2, -0.15) is 0 Å². The molecular formula is C8H17NO2. The van der Waals surface area contributed by atoms with Crippen molar-refractivity contribution in [1.29, 1.82) is 0 Å². The third-order valence-electron chi connectivity index (χ3n) is 2.04. The highest BCUT2D eigenvalue weighted by molar-refractivity contribution is 5.65. The Bertz CT molecular complexity index is 136. The molecule has 1 unspecified atom stereocenters. The summed E-state index contributed by atoms with van der Waals surface area (Å²) >= 11 is 0. The van der Waals surface area contributed by atoms with Crippen LogP contribution in [0.5, 0.6) is 0 Å². The van der Waals surface area contributed by atoms with E-state index in [2.05, 4.69) is 6.92 Å². The first-order valence-corrected chi connectivity index (χ1v) is 4.07. The van der Waals surface area contributed by atoms with Crippen molar-refractivity contribution in [3.8, 4) is 0 Å². The summed E-state index contributed by atoms with van der Waals surface area (Å²) < 4.78 is 0.582. The summed E-state index contributed by atoms with van der Waals surface area (Å²) in [5, 5.41) is 10.3. The number of carbonyl (C=O) groups excluding carboxylic acids is 1. The lowest BCUT2D eigenvalue weighted by atomic mass is 10.3. The molecule has 66 valence electrons. The van der Waals surface area contributed by atoms with Crippen LogP contribution in [0.1, 0.15) is 20.3 Å². The Morgan fingerprint density at radius 3 is 2.27 bits per heavy atom. The van der Waals surface area contributed by atoms with Crippen molar-refractivity contribution in [2.45, 2.75) is 20.3 Å². The van der Waals surface area contributed by atoms with Crippen LogP contribution in [0.3, 0.4) is 0 Å². The van der Waals surface area contributed by atoms with Crippen LogP contribution in [0.15, 0.2) is 0 Å². The number of carbonyl (C=O) groups is 1. The van der Waals surface area contributed by atoms with E-state index in [0.29, 0.717) is 4.48 Å². The summed E-state index contributed by atoms with van der Waals surface area (Å²) in [5.41, 5.74) is 0. The van der Waals surface area contributed by atoms with Crippen molar-refractivity contribution in [3.63, 3.8) is 0 Å². The molecule has 0 saturated heterocycles. The largest absolute Gasteiger partial charge is 0.544 e. The molecule has 0 aromatic rings. The lowest BCUT2D eigenvalue weighted by Gasteiger charge is -2.33. The highest BCUT2D eigenvalue weighted by Gasteiger charge is 2.17. The molecule has 0 aromatic carbocycles. The molecule has 0 spiro atoms. The molecule has 0 bridgehead atoms. The third kappa shape index (κ3) is 3.98. The van der Waals surface area contributed by atoms with E-state index in [0.717, 1.165) is 19.5 Å². The molecule has 11 heavy (non-hydrogen) atoms.